The van der Waals surface area contributed by atoms with Crippen molar-refractivity contribution in [3.05, 3.63) is 35.9 Å². The number of benzene rings is 1. The van der Waals surface area contributed by atoms with Crippen LogP contribution in [-0.4, -0.2) is 30.6 Å². The predicted molar refractivity (Wildman–Crippen MR) is 80.2 cm³/mol. The van der Waals surface area contributed by atoms with Gasteiger partial charge in [-0.1, -0.05) is 30.3 Å². The minimum atomic E-state index is -0.963. The fourth-order valence-corrected chi connectivity index (χ4v) is 1.74. The Labute approximate surface area is 129 Å². The highest BCUT2D eigenvalue weighted by Gasteiger charge is 2.27. The maximum Gasteiger partial charge on any atom is 0.408 e. The summed E-state index contributed by atoms with van der Waals surface area (Å²) in [6.45, 7) is 5.17. The third-order valence-electron chi connectivity index (χ3n) is 2.66. The van der Waals surface area contributed by atoms with Gasteiger partial charge in [-0.25, -0.2) is 4.79 Å². The topological polar surface area (TPSA) is 81.7 Å². The maximum atomic E-state index is 12.2. The van der Waals surface area contributed by atoms with Gasteiger partial charge in [0.25, 0.3) is 0 Å². The molecule has 0 aliphatic rings. The van der Waals surface area contributed by atoms with Gasteiger partial charge in [-0.3, -0.25) is 9.59 Å². The van der Waals surface area contributed by atoms with Crippen molar-refractivity contribution in [3.63, 3.8) is 0 Å². The zero-order chi connectivity index (χ0) is 16.8. The van der Waals surface area contributed by atoms with Crippen molar-refractivity contribution in [2.45, 2.75) is 38.8 Å². The highest BCUT2D eigenvalue weighted by molar-refractivity contribution is 6.00. The van der Waals surface area contributed by atoms with Gasteiger partial charge in [0.15, 0.2) is 5.78 Å². The Balaban J connectivity index is 2.90. The number of rotatable bonds is 5. The average Bonchev–Trinajstić information content (AvgIpc) is 2.43. The second-order valence-corrected chi connectivity index (χ2v) is 5.71. The van der Waals surface area contributed by atoms with E-state index in [4.69, 9.17) is 4.74 Å². The molecule has 0 saturated carbocycles. The lowest BCUT2D eigenvalue weighted by atomic mass is 10.0. The summed E-state index contributed by atoms with van der Waals surface area (Å²) < 4.78 is 9.64. The van der Waals surface area contributed by atoms with Gasteiger partial charge in [-0.15, -0.1) is 0 Å². The summed E-state index contributed by atoms with van der Waals surface area (Å²) in [5.41, 5.74) is -0.112. The molecule has 1 atom stereocenters. The molecule has 1 rings (SSSR count). The Morgan fingerprint density at radius 1 is 1.14 bits per heavy atom. The first-order chi connectivity index (χ1) is 10.2. The van der Waals surface area contributed by atoms with Crippen molar-refractivity contribution in [2.75, 3.05) is 7.11 Å². The Kier molecular flexibility index (Phi) is 6.10. The number of hydrogen-bond donors (Lipinski definition) is 1. The number of amides is 1. The molecule has 1 amide bonds. The minimum absolute atomic E-state index is 0.425. The van der Waals surface area contributed by atoms with Gasteiger partial charge in [-0.2, -0.15) is 0 Å². The van der Waals surface area contributed by atoms with Gasteiger partial charge in [0.1, 0.15) is 18.1 Å². The molecule has 0 aliphatic carbocycles. The average molecular weight is 307 g/mol. The molecular weight excluding hydrogens is 286 g/mol. The summed E-state index contributed by atoms with van der Waals surface area (Å²) >= 11 is 0. The first-order valence-corrected chi connectivity index (χ1v) is 6.87. The van der Waals surface area contributed by atoms with Gasteiger partial charge in [0, 0.05) is 0 Å². The van der Waals surface area contributed by atoms with Gasteiger partial charge in [-0.05, 0) is 26.3 Å². The minimum Gasteiger partial charge on any atom is -0.469 e. The number of carbonyl (C=O) groups is 3. The highest BCUT2D eigenvalue weighted by atomic mass is 16.6. The molecule has 0 bridgehead atoms. The Morgan fingerprint density at radius 3 is 2.23 bits per heavy atom. The summed E-state index contributed by atoms with van der Waals surface area (Å²) in [4.78, 5) is 35.4. The zero-order valence-corrected chi connectivity index (χ0v) is 13.2. The molecule has 0 heterocycles. The summed E-state index contributed by atoms with van der Waals surface area (Å²) in [5.74, 6) is -1.12. The molecule has 120 valence electrons. The standard InChI is InChI=1S/C16H21NO5/c1-16(2,3)22-15(20)17-14(11-8-6-5-7-9-11)12(18)10-13(19)21-4/h5-9,14H,10H2,1-4H3,(H,17,20)/t14-/m0/s1. The van der Waals surface area contributed by atoms with Crippen LogP contribution >= 0.6 is 0 Å². The third kappa shape index (κ3) is 5.95. The van der Waals surface area contributed by atoms with Crippen LogP contribution in [0.4, 0.5) is 4.79 Å². The molecule has 0 aromatic heterocycles. The fraction of sp³-hybridized carbons (Fsp3) is 0.438. The number of carbonyl (C=O) groups excluding carboxylic acids is 3. The van der Waals surface area contributed by atoms with Crippen molar-refractivity contribution >= 4 is 17.8 Å². The van der Waals surface area contributed by atoms with Crippen LogP contribution in [0.25, 0.3) is 0 Å². The summed E-state index contributed by atoms with van der Waals surface area (Å²) in [6, 6.07) is 7.69. The van der Waals surface area contributed by atoms with Crippen LogP contribution in [0.1, 0.15) is 38.8 Å². The Hall–Kier alpha value is -2.37. The second kappa shape index (κ2) is 7.59. The molecule has 0 saturated heterocycles. The predicted octanol–water partition coefficient (Wildman–Crippen LogP) is 2.38. The first-order valence-electron chi connectivity index (χ1n) is 6.87. The first kappa shape index (κ1) is 17.7. The summed E-state index contributed by atoms with van der Waals surface area (Å²) in [5, 5.41) is 2.50. The maximum absolute atomic E-state index is 12.2. The molecule has 1 aromatic rings. The Bertz CT molecular complexity index is 533. The van der Waals surface area contributed by atoms with E-state index in [0.717, 1.165) is 0 Å². The number of esters is 1. The lowest BCUT2D eigenvalue weighted by Gasteiger charge is -2.23. The molecule has 0 radical (unpaired) electrons. The van der Waals surface area contributed by atoms with E-state index in [1.165, 1.54) is 7.11 Å². The quantitative estimate of drug-likeness (QED) is 0.667. The van der Waals surface area contributed by atoms with Crippen molar-refractivity contribution in [1.29, 1.82) is 0 Å². The van der Waals surface area contributed by atoms with Crippen molar-refractivity contribution < 1.29 is 23.9 Å². The monoisotopic (exact) mass is 307 g/mol. The Morgan fingerprint density at radius 2 is 1.73 bits per heavy atom. The zero-order valence-electron chi connectivity index (χ0n) is 13.2. The van der Waals surface area contributed by atoms with E-state index in [0.29, 0.717) is 5.56 Å². The van der Waals surface area contributed by atoms with E-state index in [-0.39, 0.29) is 0 Å². The molecule has 1 N–H and O–H groups in total. The molecular formula is C16H21NO5. The summed E-state index contributed by atoms with van der Waals surface area (Å²) in [7, 11) is 1.20. The molecule has 0 aliphatic heterocycles. The van der Waals surface area contributed by atoms with Gasteiger partial charge in [0.05, 0.1) is 7.11 Å². The van der Waals surface area contributed by atoms with Gasteiger partial charge < -0.3 is 14.8 Å². The highest BCUT2D eigenvalue weighted by Crippen LogP contribution is 2.17. The largest absolute Gasteiger partial charge is 0.469 e. The molecule has 6 nitrogen and oxygen atoms in total. The lowest BCUT2D eigenvalue weighted by molar-refractivity contribution is -0.143. The van der Waals surface area contributed by atoms with Gasteiger partial charge in [0.2, 0.25) is 0 Å². The van der Waals surface area contributed by atoms with Crippen LogP contribution in [0.3, 0.4) is 0 Å². The lowest BCUT2D eigenvalue weighted by Crippen LogP contribution is -2.38. The number of methoxy groups -OCH3 is 1. The SMILES string of the molecule is COC(=O)CC(=O)[C@@H](NC(=O)OC(C)(C)C)c1ccccc1. The smallest absolute Gasteiger partial charge is 0.408 e. The fourth-order valence-electron chi connectivity index (χ4n) is 1.74. The van der Waals surface area contributed by atoms with E-state index < -0.39 is 35.9 Å². The van der Waals surface area contributed by atoms with E-state index in [1.54, 1.807) is 51.1 Å². The van der Waals surface area contributed by atoms with Crippen LogP contribution < -0.4 is 5.32 Å². The van der Waals surface area contributed by atoms with Crippen LogP contribution in [0, 0.1) is 0 Å². The van der Waals surface area contributed by atoms with Crippen LogP contribution in [0.2, 0.25) is 0 Å². The molecule has 0 spiro atoms. The molecule has 0 unspecified atom stereocenters. The number of hydrogen-bond acceptors (Lipinski definition) is 5. The number of nitrogens with one attached hydrogen (secondary N) is 1. The van der Waals surface area contributed by atoms with Crippen LogP contribution in [-0.2, 0) is 19.1 Å². The van der Waals surface area contributed by atoms with Crippen molar-refractivity contribution in [1.82, 2.24) is 5.32 Å². The van der Waals surface area contributed by atoms with E-state index in [1.807, 2.05) is 0 Å². The van der Waals surface area contributed by atoms with Gasteiger partial charge >= 0.3 is 12.1 Å². The molecule has 6 heteroatoms. The normalized spacial score (nSPS) is 12.2. The van der Waals surface area contributed by atoms with Crippen LogP contribution in [0.15, 0.2) is 30.3 Å². The van der Waals surface area contributed by atoms with E-state index >= 15 is 0 Å². The number of ether oxygens (including phenoxy) is 2. The van der Waals surface area contributed by atoms with Crippen molar-refractivity contribution in [3.8, 4) is 0 Å². The number of Topliss-reactive ketones (excluding diaryl/α,β-unsaturated/α-hetero) is 1. The second-order valence-electron chi connectivity index (χ2n) is 5.71. The van der Waals surface area contributed by atoms with Crippen LogP contribution in [0.5, 0.6) is 0 Å². The molecule has 1 aromatic carbocycles. The molecule has 0 fully saturated rings. The van der Waals surface area contributed by atoms with E-state index in [2.05, 4.69) is 10.1 Å². The summed E-state index contributed by atoms with van der Waals surface area (Å²) in [6.07, 6.45) is -1.15. The van der Waals surface area contributed by atoms with Crippen molar-refractivity contribution in [2.24, 2.45) is 0 Å². The third-order valence-corrected chi connectivity index (χ3v) is 2.66. The molecule has 22 heavy (non-hydrogen) atoms. The number of alkyl carbamates (subject to hydrolysis) is 1. The number of ketones is 1. The van der Waals surface area contributed by atoms with E-state index in [9.17, 15) is 14.4 Å².